The first kappa shape index (κ1) is 28.9. The highest BCUT2D eigenvalue weighted by molar-refractivity contribution is 5.97. The van der Waals surface area contributed by atoms with E-state index in [1.807, 2.05) is 5.32 Å². The SMILES string of the molecule is C[C@@H](O)[C@H](NC(=O)c1ccc(C#CC#Cc2ccc(NC(=O)CNCC(F)(F)F)cc2)cc1)C(=O)NO. The van der Waals surface area contributed by atoms with E-state index >= 15 is 0 Å². The third kappa shape index (κ3) is 10.4. The average molecular weight is 516 g/mol. The van der Waals surface area contributed by atoms with Gasteiger partial charge in [0.2, 0.25) is 5.91 Å². The molecule has 0 aromatic heterocycles. The predicted molar refractivity (Wildman–Crippen MR) is 127 cm³/mol. The molecule has 3 amide bonds. The Balaban J connectivity index is 1.90. The maximum absolute atomic E-state index is 12.3. The molecule has 0 bridgehead atoms. The molecule has 0 heterocycles. The van der Waals surface area contributed by atoms with Gasteiger partial charge in [0.15, 0.2) is 0 Å². The minimum Gasteiger partial charge on any atom is -0.391 e. The van der Waals surface area contributed by atoms with Crippen LogP contribution in [0.2, 0.25) is 0 Å². The number of alkyl halides is 3. The summed E-state index contributed by atoms with van der Waals surface area (Å²) in [6, 6.07) is 11.0. The minimum absolute atomic E-state index is 0.205. The van der Waals surface area contributed by atoms with Crippen LogP contribution in [-0.4, -0.2) is 59.4 Å². The largest absolute Gasteiger partial charge is 0.401 e. The van der Waals surface area contributed by atoms with Crippen LogP contribution in [0.15, 0.2) is 48.5 Å². The van der Waals surface area contributed by atoms with Crippen LogP contribution < -0.4 is 21.4 Å². The van der Waals surface area contributed by atoms with Crippen molar-refractivity contribution in [3.63, 3.8) is 0 Å². The Hall–Kier alpha value is -4.36. The molecule has 2 atom stereocenters. The fraction of sp³-hybridized carbons (Fsp3) is 0.240. The van der Waals surface area contributed by atoms with Gasteiger partial charge in [0.25, 0.3) is 11.8 Å². The van der Waals surface area contributed by atoms with E-state index < -0.39 is 49.1 Å². The first-order valence-electron chi connectivity index (χ1n) is 10.7. The lowest BCUT2D eigenvalue weighted by Gasteiger charge is -2.19. The van der Waals surface area contributed by atoms with Gasteiger partial charge in [-0.15, -0.1) is 0 Å². The molecular formula is C25H23F3N4O5. The molecule has 194 valence electrons. The molecule has 0 unspecified atom stereocenters. The number of rotatable bonds is 8. The van der Waals surface area contributed by atoms with Crippen LogP contribution in [0.5, 0.6) is 0 Å². The summed E-state index contributed by atoms with van der Waals surface area (Å²) in [6.07, 6.45) is -5.63. The van der Waals surface area contributed by atoms with Crippen molar-refractivity contribution >= 4 is 23.4 Å². The highest BCUT2D eigenvalue weighted by Crippen LogP contribution is 2.12. The fourth-order valence-corrected chi connectivity index (χ4v) is 2.77. The molecule has 2 rings (SSSR count). The topological polar surface area (TPSA) is 140 Å². The quantitative estimate of drug-likeness (QED) is 0.177. The molecule has 0 fully saturated rings. The number of anilines is 1. The lowest BCUT2D eigenvalue weighted by Crippen LogP contribution is -2.51. The Bertz CT molecular complexity index is 1220. The van der Waals surface area contributed by atoms with Gasteiger partial charge in [-0.25, -0.2) is 5.48 Å². The number of carbonyl (C=O) groups is 3. The summed E-state index contributed by atoms with van der Waals surface area (Å²) in [6.45, 7) is -0.451. The second kappa shape index (κ2) is 13.7. The van der Waals surface area contributed by atoms with Gasteiger partial charge in [-0.3, -0.25) is 19.6 Å². The van der Waals surface area contributed by atoms with Crippen molar-refractivity contribution in [2.75, 3.05) is 18.4 Å². The standard InChI is InChI=1S/C25H23F3N4O5/c1-16(33)22(24(36)32-37)31-23(35)19-10-6-17(7-11-19)4-2-3-5-18-8-12-20(13-9-18)30-21(34)14-29-15-25(26,27)28/h6-13,16,22,29,33,37H,14-15H2,1H3,(H,30,34)(H,31,35)(H,32,36)/t16-,22+/m1/s1. The number of benzene rings is 2. The first-order chi connectivity index (χ1) is 17.5. The highest BCUT2D eigenvalue weighted by atomic mass is 19.4. The summed E-state index contributed by atoms with van der Waals surface area (Å²) in [4.78, 5) is 35.4. The summed E-state index contributed by atoms with van der Waals surface area (Å²) >= 11 is 0. The molecule has 0 saturated heterocycles. The number of carbonyl (C=O) groups excluding carboxylic acids is 3. The number of amides is 3. The lowest BCUT2D eigenvalue weighted by molar-refractivity contribution is -0.133. The van der Waals surface area contributed by atoms with Crippen LogP contribution in [0.25, 0.3) is 0 Å². The molecule has 0 aliphatic rings. The van der Waals surface area contributed by atoms with Crippen molar-refractivity contribution in [2.24, 2.45) is 0 Å². The van der Waals surface area contributed by atoms with Gasteiger partial charge in [-0.2, -0.15) is 13.2 Å². The zero-order valence-electron chi connectivity index (χ0n) is 19.4. The average Bonchev–Trinajstić information content (AvgIpc) is 2.85. The number of aliphatic hydroxyl groups excluding tert-OH is 1. The molecule has 6 N–H and O–H groups in total. The van der Waals surface area contributed by atoms with E-state index in [0.717, 1.165) is 0 Å². The Morgan fingerprint density at radius 1 is 0.946 bits per heavy atom. The van der Waals surface area contributed by atoms with Gasteiger partial charge in [-0.1, -0.05) is 11.8 Å². The van der Waals surface area contributed by atoms with Crippen LogP contribution in [0, 0.1) is 23.7 Å². The van der Waals surface area contributed by atoms with Crippen molar-refractivity contribution < 1.29 is 37.9 Å². The van der Waals surface area contributed by atoms with Crippen molar-refractivity contribution in [3.8, 4) is 23.7 Å². The first-order valence-corrected chi connectivity index (χ1v) is 10.7. The van der Waals surface area contributed by atoms with Gasteiger partial charge in [0, 0.05) is 22.4 Å². The Kier molecular flexibility index (Phi) is 10.7. The molecule has 37 heavy (non-hydrogen) atoms. The van der Waals surface area contributed by atoms with E-state index in [1.165, 1.54) is 24.5 Å². The van der Waals surface area contributed by atoms with Crippen molar-refractivity contribution in [2.45, 2.75) is 25.2 Å². The summed E-state index contributed by atoms with van der Waals surface area (Å²) in [5.74, 6) is 8.71. The van der Waals surface area contributed by atoms with Crippen molar-refractivity contribution in [3.05, 3.63) is 65.2 Å². The Morgan fingerprint density at radius 3 is 1.97 bits per heavy atom. The third-order valence-electron chi connectivity index (χ3n) is 4.56. The molecule has 9 nitrogen and oxygen atoms in total. The third-order valence-corrected chi connectivity index (χ3v) is 4.56. The maximum atomic E-state index is 12.3. The molecular weight excluding hydrogens is 493 g/mol. The lowest BCUT2D eigenvalue weighted by atomic mass is 10.1. The number of aliphatic hydroxyl groups is 1. The molecule has 2 aromatic rings. The number of hydrogen-bond acceptors (Lipinski definition) is 6. The smallest absolute Gasteiger partial charge is 0.391 e. The zero-order chi connectivity index (χ0) is 27.4. The number of hydrogen-bond donors (Lipinski definition) is 6. The number of nitrogens with one attached hydrogen (secondary N) is 4. The van der Waals surface area contributed by atoms with Gasteiger partial charge in [-0.05, 0) is 67.3 Å². The second-order valence-electron chi connectivity index (χ2n) is 7.59. The Morgan fingerprint density at radius 2 is 1.49 bits per heavy atom. The monoisotopic (exact) mass is 516 g/mol. The van der Waals surface area contributed by atoms with E-state index in [4.69, 9.17) is 5.21 Å². The van der Waals surface area contributed by atoms with E-state index in [2.05, 4.69) is 34.3 Å². The summed E-state index contributed by atoms with van der Waals surface area (Å²) in [5, 5.41) is 25.1. The maximum Gasteiger partial charge on any atom is 0.401 e. The molecule has 0 radical (unpaired) electrons. The molecule has 0 aliphatic heterocycles. The van der Waals surface area contributed by atoms with Crippen LogP contribution >= 0.6 is 0 Å². The summed E-state index contributed by atoms with van der Waals surface area (Å²) in [7, 11) is 0. The van der Waals surface area contributed by atoms with Crippen molar-refractivity contribution in [1.29, 1.82) is 0 Å². The van der Waals surface area contributed by atoms with Gasteiger partial charge < -0.3 is 21.1 Å². The van der Waals surface area contributed by atoms with E-state index in [-0.39, 0.29) is 5.56 Å². The summed E-state index contributed by atoms with van der Waals surface area (Å²) < 4.78 is 36.2. The molecule has 0 saturated carbocycles. The normalized spacial score (nSPS) is 12.1. The number of halogens is 3. The van der Waals surface area contributed by atoms with Gasteiger partial charge in [0.1, 0.15) is 6.04 Å². The molecule has 2 aromatic carbocycles. The molecule has 0 aliphatic carbocycles. The van der Waals surface area contributed by atoms with E-state index in [0.29, 0.717) is 16.8 Å². The highest BCUT2D eigenvalue weighted by Gasteiger charge is 2.27. The predicted octanol–water partition coefficient (Wildman–Crippen LogP) is 1.16. The van der Waals surface area contributed by atoms with Crippen LogP contribution in [0.4, 0.5) is 18.9 Å². The van der Waals surface area contributed by atoms with Crippen molar-refractivity contribution in [1.82, 2.24) is 16.1 Å². The molecule has 12 heteroatoms. The van der Waals surface area contributed by atoms with Gasteiger partial charge >= 0.3 is 6.18 Å². The second-order valence-corrected chi connectivity index (χ2v) is 7.59. The zero-order valence-corrected chi connectivity index (χ0v) is 19.4. The van der Waals surface area contributed by atoms with E-state index in [1.54, 1.807) is 36.4 Å². The van der Waals surface area contributed by atoms with Crippen LogP contribution in [-0.2, 0) is 9.59 Å². The Labute approximate surface area is 210 Å². The van der Waals surface area contributed by atoms with Crippen LogP contribution in [0.1, 0.15) is 28.4 Å². The van der Waals surface area contributed by atoms with Gasteiger partial charge in [0.05, 0.1) is 19.2 Å². The molecule has 0 spiro atoms. The van der Waals surface area contributed by atoms with Crippen LogP contribution in [0.3, 0.4) is 0 Å². The number of hydroxylamine groups is 1. The summed E-state index contributed by atoms with van der Waals surface area (Å²) in [5.41, 5.74) is 3.13. The van der Waals surface area contributed by atoms with E-state index in [9.17, 15) is 32.7 Å². The minimum atomic E-state index is -4.39. The fourth-order valence-electron chi connectivity index (χ4n) is 2.77.